The van der Waals surface area contributed by atoms with E-state index in [0.29, 0.717) is 16.4 Å². The first-order chi connectivity index (χ1) is 11.1. The van der Waals surface area contributed by atoms with E-state index in [-0.39, 0.29) is 5.91 Å². The Hall–Kier alpha value is -2.66. The molecule has 3 aromatic rings. The molecule has 0 saturated carbocycles. The van der Waals surface area contributed by atoms with Crippen LogP contribution in [0.1, 0.15) is 21.6 Å². The number of hydrogen-bond donors (Lipinski definition) is 1. The molecule has 0 aliphatic heterocycles. The second-order valence-electron chi connectivity index (χ2n) is 5.24. The Kier molecular flexibility index (Phi) is 4.12. The van der Waals surface area contributed by atoms with Gasteiger partial charge in [-0.25, -0.2) is 4.68 Å². The van der Waals surface area contributed by atoms with Crippen LogP contribution < -0.4 is 5.32 Å². The highest BCUT2D eigenvalue weighted by Crippen LogP contribution is 2.21. The zero-order valence-corrected chi connectivity index (χ0v) is 13.5. The van der Waals surface area contributed by atoms with Crippen molar-refractivity contribution in [3.05, 3.63) is 70.5 Å². The van der Waals surface area contributed by atoms with Gasteiger partial charge in [0.2, 0.25) is 0 Å². The first kappa shape index (κ1) is 15.2. The van der Waals surface area contributed by atoms with Crippen LogP contribution in [0.3, 0.4) is 0 Å². The molecule has 0 fully saturated rings. The van der Waals surface area contributed by atoms with Gasteiger partial charge in [-0.05, 0) is 49.2 Å². The number of nitrogens with zero attached hydrogens (tertiary/aromatic N) is 3. The van der Waals surface area contributed by atoms with Crippen LogP contribution in [0, 0.1) is 13.8 Å². The van der Waals surface area contributed by atoms with Crippen LogP contribution in [-0.4, -0.2) is 20.9 Å². The van der Waals surface area contributed by atoms with Gasteiger partial charge >= 0.3 is 0 Å². The molecule has 0 radical (unpaired) electrons. The van der Waals surface area contributed by atoms with E-state index < -0.39 is 0 Å². The number of anilines is 1. The highest BCUT2D eigenvalue weighted by molar-refractivity contribution is 6.32. The molecule has 23 heavy (non-hydrogen) atoms. The molecule has 1 aromatic heterocycles. The summed E-state index contributed by atoms with van der Waals surface area (Å²) in [5.41, 5.74) is 3.93. The van der Waals surface area contributed by atoms with Gasteiger partial charge in [-0.3, -0.25) is 4.79 Å². The van der Waals surface area contributed by atoms with Crippen LogP contribution >= 0.6 is 11.6 Å². The molecule has 0 aliphatic rings. The number of amides is 1. The molecule has 3 rings (SSSR count). The smallest absolute Gasteiger partial charge is 0.276 e. The van der Waals surface area contributed by atoms with Crippen LogP contribution in [0.4, 0.5) is 5.69 Å². The fraction of sp³-hybridized carbons (Fsp3) is 0.118. The summed E-state index contributed by atoms with van der Waals surface area (Å²) in [5, 5.41) is 11.1. The van der Waals surface area contributed by atoms with Gasteiger partial charge in [-0.1, -0.05) is 35.0 Å². The normalized spacial score (nSPS) is 10.6. The van der Waals surface area contributed by atoms with E-state index in [1.54, 1.807) is 12.1 Å². The summed E-state index contributed by atoms with van der Waals surface area (Å²) in [4.78, 5) is 12.5. The summed E-state index contributed by atoms with van der Waals surface area (Å²) >= 11 is 6.17. The summed E-state index contributed by atoms with van der Waals surface area (Å²) in [6.45, 7) is 4.03. The predicted molar refractivity (Wildman–Crippen MR) is 90.2 cm³/mol. The molecular weight excluding hydrogens is 312 g/mol. The Morgan fingerprint density at radius 3 is 2.65 bits per heavy atom. The monoisotopic (exact) mass is 326 g/mol. The van der Waals surface area contributed by atoms with Crippen molar-refractivity contribution in [2.45, 2.75) is 13.8 Å². The number of carbonyl (C=O) groups excluding carboxylic acids is 1. The molecule has 5 nitrogen and oxygen atoms in total. The van der Waals surface area contributed by atoms with Gasteiger partial charge in [-0.2, -0.15) is 0 Å². The maximum Gasteiger partial charge on any atom is 0.276 e. The summed E-state index contributed by atoms with van der Waals surface area (Å²) in [5.74, 6) is -0.293. The summed E-state index contributed by atoms with van der Waals surface area (Å²) in [6.07, 6.45) is 1.42. The number of aryl methyl sites for hydroxylation is 2. The SMILES string of the molecule is Cc1ccc(NC(=O)c2cnnn2-c2ccccc2Cl)cc1C. The van der Waals surface area contributed by atoms with Crippen LogP contribution in [0.25, 0.3) is 5.69 Å². The van der Waals surface area contributed by atoms with E-state index in [4.69, 9.17) is 11.6 Å². The van der Waals surface area contributed by atoms with Crippen molar-refractivity contribution in [2.75, 3.05) is 5.32 Å². The standard InChI is InChI=1S/C17H15ClN4O/c1-11-7-8-13(9-12(11)2)20-17(23)16-10-19-21-22(16)15-6-4-3-5-14(15)18/h3-10H,1-2H3,(H,20,23). The lowest BCUT2D eigenvalue weighted by atomic mass is 10.1. The zero-order chi connectivity index (χ0) is 16.4. The van der Waals surface area contributed by atoms with Crippen LogP contribution in [-0.2, 0) is 0 Å². The van der Waals surface area contributed by atoms with Crippen molar-refractivity contribution >= 4 is 23.2 Å². The number of nitrogens with one attached hydrogen (secondary N) is 1. The lowest BCUT2D eigenvalue weighted by molar-refractivity contribution is 0.101. The molecule has 1 heterocycles. The number of halogens is 1. The first-order valence-corrected chi connectivity index (χ1v) is 7.48. The molecule has 1 N–H and O–H groups in total. The van der Waals surface area contributed by atoms with E-state index in [1.807, 2.05) is 44.2 Å². The third-order valence-corrected chi connectivity index (χ3v) is 3.95. The molecule has 1 amide bonds. The van der Waals surface area contributed by atoms with Crippen molar-refractivity contribution in [3.8, 4) is 5.69 Å². The molecule has 0 saturated heterocycles. The fourth-order valence-electron chi connectivity index (χ4n) is 2.21. The van der Waals surface area contributed by atoms with Crippen molar-refractivity contribution in [3.63, 3.8) is 0 Å². The minimum absolute atomic E-state index is 0.293. The molecule has 0 spiro atoms. The maximum absolute atomic E-state index is 12.5. The fourth-order valence-corrected chi connectivity index (χ4v) is 2.42. The van der Waals surface area contributed by atoms with Crippen molar-refractivity contribution in [2.24, 2.45) is 0 Å². The number of rotatable bonds is 3. The average molecular weight is 327 g/mol. The van der Waals surface area contributed by atoms with E-state index in [9.17, 15) is 4.79 Å². The van der Waals surface area contributed by atoms with Crippen LogP contribution in [0.5, 0.6) is 0 Å². The topological polar surface area (TPSA) is 59.8 Å². The summed E-state index contributed by atoms with van der Waals surface area (Å²) in [7, 11) is 0. The van der Waals surface area contributed by atoms with Crippen LogP contribution in [0.2, 0.25) is 5.02 Å². The molecule has 0 atom stereocenters. The van der Waals surface area contributed by atoms with Gasteiger partial charge in [0.25, 0.3) is 5.91 Å². The van der Waals surface area contributed by atoms with Crippen LogP contribution in [0.15, 0.2) is 48.7 Å². The lowest BCUT2D eigenvalue weighted by Crippen LogP contribution is -2.17. The highest BCUT2D eigenvalue weighted by Gasteiger charge is 2.16. The molecule has 0 bridgehead atoms. The quantitative estimate of drug-likeness (QED) is 0.796. The summed E-state index contributed by atoms with van der Waals surface area (Å²) < 4.78 is 1.43. The molecule has 0 aliphatic carbocycles. The van der Waals surface area contributed by atoms with Gasteiger partial charge < -0.3 is 5.32 Å². The van der Waals surface area contributed by atoms with Gasteiger partial charge in [0.05, 0.1) is 16.9 Å². The number of benzene rings is 2. The number of hydrogen-bond acceptors (Lipinski definition) is 3. The van der Waals surface area contributed by atoms with E-state index in [1.165, 1.54) is 16.4 Å². The van der Waals surface area contributed by atoms with Gasteiger partial charge in [0.1, 0.15) is 0 Å². The van der Waals surface area contributed by atoms with Gasteiger partial charge in [0, 0.05) is 5.69 Å². The van der Waals surface area contributed by atoms with E-state index in [2.05, 4.69) is 15.6 Å². The highest BCUT2D eigenvalue weighted by atomic mass is 35.5. The third kappa shape index (κ3) is 3.10. The predicted octanol–water partition coefficient (Wildman–Crippen LogP) is 3.79. The average Bonchev–Trinajstić information content (AvgIpc) is 3.01. The third-order valence-electron chi connectivity index (χ3n) is 3.63. The molecule has 6 heteroatoms. The zero-order valence-electron chi connectivity index (χ0n) is 12.7. The lowest BCUT2D eigenvalue weighted by Gasteiger charge is -2.09. The van der Waals surface area contributed by atoms with Crippen molar-refractivity contribution in [1.82, 2.24) is 15.0 Å². The van der Waals surface area contributed by atoms with Crippen molar-refractivity contribution < 1.29 is 4.79 Å². The van der Waals surface area contributed by atoms with Gasteiger partial charge in [0.15, 0.2) is 5.69 Å². The Balaban J connectivity index is 1.91. The van der Waals surface area contributed by atoms with E-state index in [0.717, 1.165) is 11.3 Å². The Bertz CT molecular complexity index is 873. The number of carbonyl (C=O) groups is 1. The second kappa shape index (κ2) is 6.22. The molecule has 2 aromatic carbocycles. The number of aromatic nitrogens is 3. The Morgan fingerprint density at radius 2 is 1.91 bits per heavy atom. The molecular formula is C17H15ClN4O. The largest absolute Gasteiger partial charge is 0.321 e. The first-order valence-electron chi connectivity index (χ1n) is 7.10. The minimum Gasteiger partial charge on any atom is -0.321 e. The van der Waals surface area contributed by atoms with E-state index >= 15 is 0 Å². The van der Waals surface area contributed by atoms with Gasteiger partial charge in [-0.15, -0.1) is 5.10 Å². The summed E-state index contributed by atoms with van der Waals surface area (Å²) in [6, 6.07) is 12.9. The second-order valence-corrected chi connectivity index (χ2v) is 5.64. The Labute approximate surface area is 138 Å². The molecule has 116 valence electrons. The Morgan fingerprint density at radius 1 is 1.13 bits per heavy atom. The molecule has 0 unspecified atom stereocenters. The minimum atomic E-state index is -0.293. The number of para-hydroxylation sites is 1. The van der Waals surface area contributed by atoms with Crippen molar-refractivity contribution in [1.29, 1.82) is 0 Å². The maximum atomic E-state index is 12.5.